The van der Waals surface area contributed by atoms with Crippen molar-refractivity contribution >= 4 is 5.91 Å². The first-order valence-electron chi connectivity index (χ1n) is 9.35. The molecule has 0 spiro atoms. The molecule has 0 bridgehead atoms. The number of carbonyl (C=O) groups is 1. The van der Waals surface area contributed by atoms with Crippen LogP contribution in [0.2, 0.25) is 0 Å². The van der Waals surface area contributed by atoms with Crippen molar-refractivity contribution in [2.24, 2.45) is 7.05 Å². The third-order valence-corrected chi connectivity index (χ3v) is 5.23. The number of aryl methyl sites for hydroxylation is 1. The number of nitrogens with one attached hydrogen (secondary N) is 1. The summed E-state index contributed by atoms with van der Waals surface area (Å²) in [5, 5.41) is 17.5. The number of fused-ring (bicyclic) bond motifs is 3. The summed E-state index contributed by atoms with van der Waals surface area (Å²) >= 11 is 0. The van der Waals surface area contributed by atoms with Gasteiger partial charge in [-0.3, -0.25) is 9.48 Å². The van der Waals surface area contributed by atoms with Crippen LogP contribution in [0.1, 0.15) is 33.3 Å². The second kappa shape index (κ2) is 7.60. The normalized spacial score (nSPS) is 12.8. The zero-order valence-electron chi connectivity index (χ0n) is 16.6. The van der Waals surface area contributed by atoms with Crippen molar-refractivity contribution in [1.29, 1.82) is 0 Å². The Morgan fingerprint density at radius 3 is 2.59 bits per heavy atom. The van der Waals surface area contributed by atoms with Crippen LogP contribution in [0.15, 0.2) is 42.5 Å². The fourth-order valence-corrected chi connectivity index (χ4v) is 3.80. The third kappa shape index (κ3) is 3.34. The molecule has 2 N–H and O–H groups in total. The Balaban J connectivity index is 1.58. The van der Waals surface area contributed by atoms with Gasteiger partial charge in [0.15, 0.2) is 17.2 Å². The molecular weight excluding hydrogens is 370 g/mol. The molecule has 3 aromatic rings. The van der Waals surface area contributed by atoms with Gasteiger partial charge in [-0.05, 0) is 23.3 Å². The number of methoxy groups -OCH3 is 2. The van der Waals surface area contributed by atoms with Crippen molar-refractivity contribution in [2.45, 2.75) is 12.5 Å². The van der Waals surface area contributed by atoms with Gasteiger partial charge in [0.25, 0.3) is 5.91 Å². The number of ether oxygens (including phenoxy) is 2. The molecule has 7 nitrogen and oxygen atoms in total. The lowest BCUT2D eigenvalue weighted by Crippen LogP contribution is -2.29. The van der Waals surface area contributed by atoms with Crippen LogP contribution in [0.5, 0.6) is 11.5 Å². The van der Waals surface area contributed by atoms with Crippen LogP contribution in [0.4, 0.5) is 0 Å². The van der Waals surface area contributed by atoms with E-state index in [1.165, 1.54) is 0 Å². The second-order valence-corrected chi connectivity index (χ2v) is 6.98. The largest absolute Gasteiger partial charge is 0.493 e. The van der Waals surface area contributed by atoms with Gasteiger partial charge in [0.05, 0.1) is 26.0 Å². The van der Waals surface area contributed by atoms with E-state index < -0.39 is 6.10 Å². The van der Waals surface area contributed by atoms with E-state index in [1.807, 2.05) is 49.5 Å². The molecule has 0 unspecified atom stereocenters. The maximum absolute atomic E-state index is 12.8. The van der Waals surface area contributed by atoms with E-state index >= 15 is 0 Å². The summed E-state index contributed by atoms with van der Waals surface area (Å²) in [6.07, 6.45) is -0.189. The monoisotopic (exact) mass is 393 g/mol. The fraction of sp³-hybridized carbons (Fsp3) is 0.273. The Kier molecular flexibility index (Phi) is 4.98. The Morgan fingerprint density at radius 2 is 1.90 bits per heavy atom. The number of hydrogen-bond acceptors (Lipinski definition) is 5. The number of aliphatic hydroxyl groups is 1. The van der Waals surface area contributed by atoms with E-state index in [2.05, 4.69) is 10.4 Å². The molecule has 150 valence electrons. The average Bonchev–Trinajstić information content (AvgIpc) is 3.28. The number of nitrogens with zero attached hydrogens (tertiary/aromatic N) is 2. The summed E-state index contributed by atoms with van der Waals surface area (Å²) in [7, 11) is 5.02. The van der Waals surface area contributed by atoms with Crippen LogP contribution in [0.25, 0.3) is 11.3 Å². The van der Waals surface area contributed by atoms with Gasteiger partial charge >= 0.3 is 0 Å². The topological polar surface area (TPSA) is 85.6 Å². The van der Waals surface area contributed by atoms with Crippen molar-refractivity contribution in [3.63, 3.8) is 0 Å². The molecule has 0 saturated carbocycles. The zero-order chi connectivity index (χ0) is 20.5. The summed E-state index contributed by atoms with van der Waals surface area (Å²) in [6.45, 7) is 0.114. The van der Waals surface area contributed by atoms with Crippen LogP contribution in [-0.4, -0.2) is 41.6 Å². The van der Waals surface area contributed by atoms with Gasteiger partial charge < -0.3 is 19.9 Å². The van der Waals surface area contributed by atoms with E-state index in [4.69, 9.17) is 9.47 Å². The second-order valence-electron chi connectivity index (χ2n) is 6.98. The minimum atomic E-state index is -0.775. The Hall–Kier alpha value is -3.32. The highest BCUT2D eigenvalue weighted by molar-refractivity contribution is 5.97. The Bertz CT molecular complexity index is 1060. The first-order valence-corrected chi connectivity index (χ1v) is 9.35. The van der Waals surface area contributed by atoms with Gasteiger partial charge in [0.2, 0.25) is 0 Å². The molecular formula is C22H23N3O4. The maximum atomic E-state index is 12.8. The van der Waals surface area contributed by atoms with Crippen LogP contribution in [-0.2, 0) is 13.5 Å². The van der Waals surface area contributed by atoms with Crippen LogP contribution >= 0.6 is 0 Å². The number of aliphatic hydroxyl groups excluding tert-OH is 1. The Labute approximate surface area is 168 Å². The lowest BCUT2D eigenvalue weighted by Gasteiger charge is -2.12. The van der Waals surface area contributed by atoms with Gasteiger partial charge in [-0.2, -0.15) is 5.10 Å². The highest BCUT2D eigenvalue weighted by Gasteiger charge is 2.31. The number of aromatic nitrogens is 2. The number of rotatable bonds is 6. The number of hydrogen-bond donors (Lipinski definition) is 2. The van der Waals surface area contributed by atoms with Crippen molar-refractivity contribution in [3.05, 3.63) is 64.8 Å². The maximum Gasteiger partial charge on any atom is 0.272 e. The van der Waals surface area contributed by atoms with E-state index in [-0.39, 0.29) is 12.5 Å². The highest BCUT2D eigenvalue weighted by atomic mass is 16.5. The summed E-state index contributed by atoms with van der Waals surface area (Å²) in [5.74, 6) is 0.991. The van der Waals surface area contributed by atoms with Gasteiger partial charge in [-0.15, -0.1) is 0 Å². The van der Waals surface area contributed by atoms with Crippen molar-refractivity contribution in [2.75, 3.05) is 20.8 Å². The van der Waals surface area contributed by atoms with Gasteiger partial charge in [-0.1, -0.05) is 30.3 Å². The quantitative estimate of drug-likeness (QED) is 0.526. The van der Waals surface area contributed by atoms with E-state index in [0.717, 1.165) is 27.9 Å². The van der Waals surface area contributed by atoms with Crippen molar-refractivity contribution in [1.82, 2.24) is 15.1 Å². The summed E-state index contributed by atoms with van der Waals surface area (Å²) in [4.78, 5) is 12.8. The predicted molar refractivity (Wildman–Crippen MR) is 108 cm³/mol. The average molecular weight is 393 g/mol. The lowest BCUT2D eigenvalue weighted by atomic mass is 10.1. The molecule has 7 heteroatoms. The van der Waals surface area contributed by atoms with E-state index in [0.29, 0.717) is 23.6 Å². The van der Waals surface area contributed by atoms with Crippen LogP contribution < -0.4 is 14.8 Å². The van der Waals surface area contributed by atoms with Crippen LogP contribution in [0, 0.1) is 0 Å². The summed E-state index contributed by atoms with van der Waals surface area (Å²) in [5.41, 5.74) is 4.93. The molecule has 2 aromatic carbocycles. The number of benzene rings is 2. The number of carbonyl (C=O) groups excluding carboxylic acids is 1. The minimum Gasteiger partial charge on any atom is -0.493 e. The molecule has 29 heavy (non-hydrogen) atoms. The minimum absolute atomic E-state index is 0.114. The molecule has 1 aromatic heterocycles. The lowest BCUT2D eigenvalue weighted by molar-refractivity contribution is 0.0910. The number of amides is 1. The first kappa shape index (κ1) is 19.0. The molecule has 1 heterocycles. The summed E-state index contributed by atoms with van der Waals surface area (Å²) < 4.78 is 12.5. The summed E-state index contributed by atoms with van der Waals surface area (Å²) in [6, 6.07) is 13.1. The van der Waals surface area contributed by atoms with Crippen molar-refractivity contribution in [3.8, 4) is 22.8 Å². The highest BCUT2D eigenvalue weighted by Crippen LogP contribution is 2.43. The molecule has 4 rings (SSSR count). The smallest absolute Gasteiger partial charge is 0.272 e. The molecule has 1 atom stereocenters. The molecule has 0 fully saturated rings. The van der Waals surface area contributed by atoms with E-state index in [1.54, 1.807) is 18.9 Å². The molecule has 0 saturated heterocycles. The van der Waals surface area contributed by atoms with Gasteiger partial charge in [0.1, 0.15) is 0 Å². The standard InChI is InChI=1S/C22H23N3O4/c1-25-21-15-11-19(29-3)18(28-2)10-14(15)9-16(21)20(24-25)22(27)23-12-17(26)13-7-5-4-6-8-13/h4-8,10-11,17,26H,9,12H2,1-3H3,(H,23,27)/t17-/m0/s1. The Morgan fingerprint density at radius 1 is 1.21 bits per heavy atom. The SMILES string of the molecule is COc1cc2c(cc1OC)-c1c(c(C(=O)NC[C@H](O)c3ccccc3)nn1C)C2. The van der Waals surface area contributed by atoms with Gasteiger partial charge in [-0.25, -0.2) is 0 Å². The molecule has 0 radical (unpaired) electrons. The molecule has 1 amide bonds. The zero-order valence-corrected chi connectivity index (χ0v) is 16.6. The van der Waals surface area contributed by atoms with Crippen LogP contribution in [0.3, 0.4) is 0 Å². The molecule has 1 aliphatic carbocycles. The predicted octanol–water partition coefficient (Wildman–Crippen LogP) is 2.47. The van der Waals surface area contributed by atoms with Crippen molar-refractivity contribution < 1.29 is 19.4 Å². The van der Waals surface area contributed by atoms with E-state index in [9.17, 15) is 9.90 Å². The third-order valence-electron chi connectivity index (χ3n) is 5.23. The molecule has 0 aliphatic heterocycles. The first-order chi connectivity index (χ1) is 14.0. The fourth-order valence-electron chi connectivity index (χ4n) is 3.80. The van der Waals surface area contributed by atoms with Gasteiger partial charge in [0, 0.05) is 31.1 Å². The molecule has 1 aliphatic rings.